The number of rotatable bonds is 6. The lowest BCUT2D eigenvalue weighted by Crippen LogP contribution is -2.48. The number of likely N-dealkylation sites (N-methyl/N-ethyl adjacent to an activating group) is 1. The molecule has 6 nitrogen and oxygen atoms in total. The number of hydrogen-bond donors (Lipinski definition) is 1. The molecule has 0 aromatic heterocycles. The molecule has 0 fully saturated rings. The average Bonchev–Trinajstić information content (AvgIpc) is 2.70. The van der Waals surface area contributed by atoms with E-state index in [1.54, 1.807) is 31.2 Å². The zero-order chi connectivity index (χ0) is 20.1. The maximum atomic E-state index is 14.4. The summed E-state index contributed by atoms with van der Waals surface area (Å²) in [6, 6.07) is 13.6. The largest absolute Gasteiger partial charge is 0.487 e. The summed E-state index contributed by atoms with van der Waals surface area (Å²) < 4.78 is 25.4. The minimum Gasteiger partial charge on any atom is -0.487 e. The maximum Gasteiger partial charge on any atom is 0.338 e. The summed E-state index contributed by atoms with van der Waals surface area (Å²) in [6.07, 6.45) is 0. The highest BCUT2D eigenvalue weighted by Crippen LogP contribution is 2.32. The van der Waals surface area contributed by atoms with Gasteiger partial charge in [-0.25, -0.2) is 14.0 Å². The summed E-state index contributed by atoms with van der Waals surface area (Å²) in [5.41, 5.74) is 0.647. The Bertz CT molecular complexity index is 898. The molecule has 1 atom stereocenters. The van der Waals surface area contributed by atoms with Gasteiger partial charge in [-0.2, -0.15) is 0 Å². The number of benzene rings is 2. The standard InChI is InChI=1S/C21H21FN2O4/c1-3-27-20(25)18-17(13-28-14-9-5-4-6-10-14)24(2)21(26)23-19(18)15-11-7-8-12-16(15)22/h4-12,19H,3,13H2,1-2H3,(H,23,26)/t19-/m0/s1. The highest BCUT2D eigenvalue weighted by Gasteiger charge is 2.38. The molecule has 0 saturated carbocycles. The molecule has 1 aliphatic rings. The molecule has 28 heavy (non-hydrogen) atoms. The van der Waals surface area contributed by atoms with Crippen LogP contribution >= 0.6 is 0 Å². The fraction of sp³-hybridized carbons (Fsp3) is 0.238. The first-order chi connectivity index (χ1) is 13.5. The highest BCUT2D eigenvalue weighted by molar-refractivity contribution is 5.95. The number of esters is 1. The molecule has 0 bridgehead atoms. The van der Waals surface area contributed by atoms with Gasteiger partial charge in [0.15, 0.2) is 0 Å². The van der Waals surface area contributed by atoms with Crippen molar-refractivity contribution in [1.82, 2.24) is 10.2 Å². The molecule has 0 saturated heterocycles. The topological polar surface area (TPSA) is 67.9 Å². The smallest absolute Gasteiger partial charge is 0.338 e. The zero-order valence-corrected chi connectivity index (χ0v) is 15.6. The van der Waals surface area contributed by atoms with Gasteiger partial charge in [0.1, 0.15) is 18.2 Å². The van der Waals surface area contributed by atoms with Gasteiger partial charge in [-0.05, 0) is 25.1 Å². The molecule has 7 heteroatoms. The van der Waals surface area contributed by atoms with E-state index in [4.69, 9.17) is 9.47 Å². The molecule has 1 N–H and O–H groups in total. The van der Waals surface area contributed by atoms with Gasteiger partial charge >= 0.3 is 12.0 Å². The van der Waals surface area contributed by atoms with Gasteiger partial charge in [-0.1, -0.05) is 36.4 Å². The van der Waals surface area contributed by atoms with Crippen LogP contribution in [0.3, 0.4) is 0 Å². The fourth-order valence-corrected chi connectivity index (χ4v) is 2.99. The summed E-state index contributed by atoms with van der Waals surface area (Å²) in [5, 5.41) is 2.67. The van der Waals surface area contributed by atoms with E-state index in [1.807, 2.05) is 18.2 Å². The Labute approximate surface area is 162 Å². The molecule has 0 spiro atoms. The van der Waals surface area contributed by atoms with E-state index in [0.29, 0.717) is 11.4 Å². The second-order valence-corrected chi connectivity index (χ2v) is 6.15. The van der Waals surface area contributed by atoms with E-state index in [2.05, 4.69) is 5.32 Å². The Morgan fingerprint density at radius 3 is 2.50 bits per heavy atom. The predicted molar refractivity (Wildman–Crippen MR) is 101 cm³/mol. The van der Waals surface area contributed by atoms with E-state index < -0.39 is 23.9 Å². The van der Waals surface area contributed by atoms with Crippen LogP contribution in [0.4, 0.5) is 9.18 Å². The number of ether oxygens (including phenoxy) is 2. The van der Waals surface area contributed by atoms with Crippen molar-refractivity contribution < 1.29 is 23.5 Å². The second-order valence-electron chi connectivity index (χ2n) is 6.15. The lowest BCUT2D eigenvalue weighted by molar-refractivity contribution is -0.139. The van der Waals surface area contributed by atoms with Crippen LogP contribution in [0.5, 0.6) is 5.75 Å². The molecule has 1 heterocycles. The van der Waals surface area contributed by atoms with Crippen molar-refractivity contribution in [2.24, 2.45) is 0 Å². The summed E-state index contributed by atoms with van der Waals surface area (Å²) >= 11 is 0. The van der Waals surface area contributed by atoms with E-state index in [9.17, 15) is 14.0 Å². The lowest BCUT2D eigenvalue weighted by Gasteiger charge is -2.34. The van der Waals surface area contributed by atoms with Crippen LogP contribution < -0.4 is 10.1 Å². The highest BCUT2D eigenvalue weighted by atomic mass is 19.1. The van der Waals surface area contributed by atoms with Gasteiger partial charge in [0, 0.05) is 12.6 Å². The molecule has 0 aliphatic carbocycles. The van der Waals surface area contributed by atoms with Crippen molar-refractivity contribution in [3.05, 3.63) is 77.2 Å². The van der Waals surface area contributed by atoms with Gasteiger partial charge in [0.05, 0.1) is 23.9 Å². The van der Waals surface area contributed by atoms with E-state index >= 15 is 0 Å². The number of nitrogens with one attached hydrogen (secondary N) is 1. The van der Waals surface area contributed by atoms with Gasteiger partial charge in [0.25, 0.3) is 0 Å². The monoisotopic (exact) mass is 384 g/mol. The summed E-state index contributed by atoms with van der Waals surface area (Å²) in [7, 11) is 1.52. The third-order valence-corrected chi connectivity index (χ3v) is 4.41. The van der Waals surface area contributed by atoms with E-state index in [1.165, 1.54) is 24.1 Å². The van der Waals surface area contributed by atoms with Crippen LogP contribution in [0.25, 0.3) is 0 Å². The zero-order valence-electron chi connectivity index (χ0n) is 15.6. The van der Waals surface area contributed by atoms with Crippen LogP contribution in [0, 0.1) is 5.82 Å². The molecule has 2 aromatic carbocycles. The van der Waals surface area contributed by atoms with Crippen molar-refractivity contribution in [2.45, 2.75) is 13.0 Å². The van der Waals surface area contributed by atoms with Gasteiger partial charge < -0.3 is 14.8 Å². The van der Waals surface area contributed by atoms with Crippen molar-refractivity contribution in [1.29, 1.82) is 0 Å². The molecule has 0 unspecified atom stereocenters. The number of nitrogens with zero attached hydrogens (tertiary/aromatic N) is 1. The van der Waals surface area contributed by atoms with Gasteiger partial charge in [0.2, 0.25) is 0 Å². The number of amides is 2. The van der Waals surface area contributed by atoms with Crippen molar-refractivity contribution in [3.8, 4) is 5.75 Å². The maximum absolute atomic E-state index is 14.4. The minimum absolute atomic E-state index is 0.0486. The molecular formula is C21H21FN2O4. The first kappa shape index (κ1) is 19.4. The van der Waals surface area contributed by atoms with Crippen LogP contribution in [-0.2, 0) is 9.53 Å². The quantitative estimate of drug-likeness (QED) is 0.775. The predicted octanol–water partition coefficient (Wildman–Crippen LogP) is 3.42. The molecule has 3 rings (SSSR count). The van der Waals surface area contributed by atoms with E-state index in [-0.39, 0.29) is 24.4 Å². The summed E-state index contributed by atoms with van der Waals surface area (Å²) in [4.78, 5) is 26.5. The fourth-order valence-electron chi connectivity index (χ4n) is 2.99. The number of para-hydroxylation sites is 1. The Morgan fingerprint density at radius 1 is 1.14 bits per heavy atom. The van der Waals surface area contributed by atoms with Crippen molar-refractivity contribution in [3.63, 3.8) is 0 Å². The number of carbonyl (C=O) groups excluding carboxylic acids is 2. The van der Waals surface area contributed by atoms with Crippen molar-refractivity contribution in [2.75, 3.05) is 20.3 Å². The summed E-state index contributed by atoms with van der Waals surface area (Å²) in [5.74, 6) is -0.572. The van der Waals surface area contributed by atoms with E-state index in [0.717, 1.165) is 0 Å². The molecule has 0 radical (unpaired) electrons. The molecule has 146 valence electrons. The van der Waals surface area contributed by atoms with Gasteiger partial charge in [-0.3, -0.25) is 4.90 Å². The minimum atomic E-state index is -0.974. The average molecular weight is 384 g/mol. The molecule has 2 amide bonds. The van der Waals surface area contributed by atoms with Crippen molar-refractivity contribution >= 4 is 12.0 Å². The number of halogens is 1. The lowest BCUT2D eigenvalue weighted by atomic mass is 9.94. The number of carbonyl (C=O) groups is 2. The van der Waals surface area contributed by atoms with Crippen LogP contribution in [0.15, 0.2) is 65.9 Å². The van der Waals surface area contributed by atoms with Gasteiger partial charge in [-0.15, -0.1) is 0 Å². The SMILES string of the molecule is CCOC(=O)C1=C(COc2ccccc2)N(C)C(=O)N[C@H]1c1ccccc1F. The first-order valence-electron chi connectivity index (χ1n) is 8.89. The first-order valence-corrected chi connectivity index (χ1v) is 8.89. The molecular weight excluding hydrogens is 363 g/mol. The Morgan fingerprint density at radius 2 is 1.82 bits per heavy atom. The normalized spacial score (nSPS) is 16.6. The Hall–Kier alpha value is -3.35. The van der Waals surface area contributed by atoms with Crippen LogP contribution in [-0.4, -0.2) is 37.2 Å². The third-order valence-electron chi connectivity index (χ3n) is 4.41. The number of hydrogen-bond acceptors (Lipinski definition) is 4. The second kappa shape index (κ2) is 8.56. The Balaban J connectivity index is 2.05. The van der Waals surface area contributed by atoms with Crippen LogP contribution in [0.2, 0.25) is 0 Å². The third kappa shape index (κ3) is 3.98. The number of urea groups is 1. The molecule has 2 aromatic rings. The summed E-state index contributed by atoms with van der Waals surface area (Å²) in [6.45, 7) is 1.78. The van der Waals surface area contributed by atoms with Crippen LogP contribution in [0.1, 0.15) is 18.5 Å². The molecule has 1 aliphatic heterocycles. The Kier molecular flexibility index (Phi) is 5.93.